The average molecular weight is 310 g/mol. The van der Waals surface area contributed by atoms with E-state index < -0.39 is 21.8 Å². The summed E-state index contributed by atoms with van der Waals surface area (Å²) in [7, 11) is -3.58. The monoisotopic (exact) mass is 310 g/mol. The van der Waals surface area contributed by atoms with Crippen LogP contribution >= 0.6 is 0 Å². The van der Waals surface area contributed by atoms with E-state index in [0.29, 0.717) is 12.8 Å². The first kappa shape index (κ1) is 16.0. The Balaban J connectivity index is 2.29. The largest absolute Gasteiger partial charge is 0.369 e. The summed E-state index contributed by atoms with van der Waals surface area (Å²) in [5, 5.41) is 0. The quantitative estimate of drug-likeness (QED) is 0.915. The normalized spacial score (nSPS) is 23.9. The van der Waals surface area contributed by atoms with E-state index in [1.165, 1.54) is 4.31 Å². The van der Waals surface area contributed by atoms with Crippen LogP contribution in [0.25, 0.3) is 0 Å². The zero-order valence-electron chi connectivity index (χ0n) is 12.5. The predicted molar refractivity (Wildman–Crippen MR) is 81.1 cm³/mol. The standard InChI is InChI=1S/C15H22N2O3S/c1-3-12-5-8-14(9-6-12)21(19,20)17-10-13(15(16)18)7-4-11(17)2/h5-6,8-9,11,13H,3-4,7,10H2,1-2H3,(H2,16,18). The smallest absolute Gasteiger partial charge is 0.243 e. The fraction of sp³-hybridized carbons (Fsp3) is 0.533. The lowest BCUT2D eigenvalue weighted by Gasteiger charge is -2.35. The first-order chi connectivity index (χ1) is 9.86. The number of aryl methyl sites for hydroxylation is 1. The summed E-state index contributed by atoms with van der Waals surface area (Å²) in [6.45, 7) is 4.07. The van der Waals surface area contributed by atoms with Crippen LogP contribution in [0, 0.1) is 5.92 Å². The Kier molecular flexibility index (Phi) is 4.68. The zero-order chi connectivity index (χ0) is 15.6. The summed E-state index contributed by atoms with van der Waals surface area (Å²) in [6, 6.07) is 6.81. The molecule has 1 fully saturated rings. The summed E-state index contributed by atoms with van der Waals surface area (Å²) >= 11 is 0. The van der Waals surface area contributed by atoms with Crippen molar-refractivity contribution in [3.05, 3.63) is 29.8 Å². The van der Waals surface area contributed by atoms with Crippen molar-refractivity contribution in [3.63, 3.8) is 0 Å². The van der Waals surface area contributed by atoms with Crippen molar-refractivity contribution < 1.29 is 13.2 Å². The third-order valence-corrected chi connectivity index (χ3v) is 6.16. The molecule has 116 valence electrons. The molecule has 1 aliphatic rings. The molecule has 6 heteroatoms. The number of piperidine rings is 1. The molecule has 5 nitrogen and oxygen atoms in total. The molecule has 0 aliphatic carbocycles. The zero-order valence-corrected chi connectivity index (χ0v) is 13.3. The minimum absolute atomic E-state index is 0.114. The minimum Gasteiger partial charge on any atom is -0.369 e. The molecule has 0 saturated carbocycles. The van der Waals surface area contributed by atoms with Gasteiger partial charge in [0, 0.05) is 12.6 Å². The maximum atomic E-state index is 12.7. The fourth-order valence-electron chi connectivity index (χ4n) is 2.67. The van der Waals surface area contributed by atoms with Crippen molar-refractivity contribution in [1.29, 1.82) is 0 Å². The van der Waals surface area contributed by atoms with Crippen LogP contribution in [0.1, 0.15) is 32.3 Å². The number of sulfonamides is 1. The van der Waals surface area contributed by atoms with Crippen LogP contribution in [0.15, 0.2) is 29.2 Å². The number of primary amides is 1. The molecule has 0 aromatic heterocycles. The molecule has 1 saturated heterocycles. The van der Waals surface area contributed by atoms with Gasteiger partial charge in [0.05, 0.1) is 10.8 Å². The molecule has 2 unspecified atom stereocenters. The van der Waals surface area contributed by atoms with Gasteiger partial charge in [-0.3, -0.25) is 4.79 Å². The van der Waals surface area contributed by atoms with Crippen LogP contribution in [-0.2, 0) is 21.2 Å². The van der Waals surface area contributed by atoms with E-state index in [4.69, 9.17) is 5.73 Å². The summed E-state index contributed by atoms with van der Waals surface area (Å²) < 4.78 is 26.9. The van der Waals surface area contributed by atoms with Crippen molar-refractivity contribution in [3.8, 4) is 0 Å². The van der Waals surface area contributed by atoms with Gasteiger partial charge in [0.15, 0.2) is 0 Å². The number of amides is 1. The average Bonchev–Trinajstić information content (AvgIpc) is 2.47. The summed E-state index contributed by atoms with van der Waals surface area (Å²) in [6.07, 6.45) is 2.17. The first-order valence-corrected chi connectivity index (χ1v) is 8.70. The van der Waals surface area contributed by atoms with Gasteiger partial charge in [-0.1, -0.05) is 19.1 Å². The highest BCUT2D eigenvalue weighted by atomic mass is 32.2. The van der Waals surface area contributed by atoms with E-state index in [1.807, 2.05) is 26.0 Å². The third-order valence-electron chi connectivity index (χ3n) is 4.17. The first-order valence-electron chi connectivity index (χ1n) is 7.26. The summed E-state index contributed by atoms with van der Waals surface area (Å²) in [5.74, 6) is -0.825. The molecule has 2 N–H and O–H groups in total. The second kappa shape index (κ2) is 6.15. The molecule has 2 atom stereocenters. The highest BCUT2D eigenvalue weighted by Crippen LogP contribution is 2.28. The maximum absolute atomic E-state index is 12.7. The molecule has 0 bridgehead atoms. The van der Waals surface area contributed by atoms with E-state index in [-0.39, 0.29) is 17.5 Å². The van der Waals surface area contributed by atoms with Gasteiger partial charge in [-0.05, 0) is 43.9 Å². The van der Waals surface area contributed by atoms with Crippen molar-refractivity contribution in [2.24, 2.45) is 11.7 Å². The number of carbonyl (C=O) groups excluding carboxylic acids is 1. The topological polar surface area (TPSA) is 80.5 Å². The molecule has 21 heavy (non-hydrogen) atoms. The van der Waals surface area contributed by atoms with Gasteiger partial charge in [0.25, 0.3) is 0 Å². The van der Waals surface area contributed by atoms with Crippen molar-refractivity contribution in [1.82, 2.24) is 4.31 Å². The lowest BCUT2D eigenvalue weighted by molar-refractivity contribution is -0.123. The van der Waals surface area contributed by atoms with E-state index in [0.717, 1.165) is 12.0 Å². The number of nitrogens with two attached hydrogens (primary N) is 1. The molecule has 0 radical (unpaired) electrons. The van der Waals surface area contributed by atoms with Gasteiger partial charge in [-0.2, -0.15) is 4.31 Å². The third kappa shape index (κ3) is 3.27. The SMILES string of the molecule is CCc1ccc(S(=O)(=O)N2CC(C(N)=O)CCC2C)cc1. The highest BCUT2D eigenvalue weighted by molar-refractivity contribution is 7.89. The Labute approximate surface area is 126 Å². The molecule has 1 heterocycles. The van der Waals surface area contributed by atoms with Crippen molar-refractivity contribution in [2.45, 2.75) is 44.0 Å². The molecule has 1 aromatic carbocycles. The number of carbonyl (C=O) groups is 1. The lowest BCUT2D eigenvalue weighted by atomic mass is 9.95. The van der Waals surface area contributed by atoms with Gasteiger partial charge in [-0.25, -0.2) is 8.42 Å². The van der Waals surface area contributed by atoms with Gasteiger partial charge < -0.3 is 5.73 Å². The van der Waals surface area contributed by atoms with Crippen LogP contribution in [0.4, 0.5) is 0 Å². The number of hydrogen-bond acceptors (Lipinski definition) is 3. The lowest BCUT2D eigenvalue weighted by Crippen LogP contribution is -2.48. The maximum Gasteiger partial charge on any atom is 0.243 e. The van der Waals surface area contributed by atoms with Crippen LogP contribution in [-0.4, -0.2) is 31.2 Å². The van der Waals surface area contributed by atoms with Crippen molar-refractivity contribution in [2.75, 3.05) is 6.54 Å². The van der Waals surface area contributed by atoms with Gasteiger partial charge in [0.2, 0.25) is 15.9 Å². The second-order valence-electron chi connectivity index (χ2n) is 5.60. The molecule has 1 aliphatic heterocycles. The summed E-state index contributed by atoms with van der Waals surface area (Å²) in [4.78, 5) is 11.6. The van der Waals surface area contributed by atoms with E-state index in [9.17, 15) is 13.2 Å². The van der Waals surface area contributed by atoms with Crippen molar-refractivity contribution >= 4 is 15.9 Å². The number of rotatable bonds is 4. The van der Waals surface area contributed by atoms with Crippen LogP contribution in [0.3, 0.4) is 0 Å². The Morgan fingerprint density at radius 2 is 1.90 bits per heavy atom. The number of benzene rings is 1. The molecule has 1 aromatic rings. The van der Waals surface area contributed by atoms with Crippen LogP contribution < -0.4 is 5.73 Å². The molecular weight excluding hydrogens is 288 g/mol. The van der Waals surface area contributed by atoms with E-state index in [2.05, 4.69) is 0 Å². The minimum atomic E-state index is -3.58. The van der Waals surface area contributed by atoms with Gasteiger partial charge in [0.1, 0.15) is 0 Å². The Bertz CT molecular complexity index is 610. The Hall–Kier alpha value is -1.40. The molecule has 1 amide bonds. The molecular formula is C15H22N2O3S. The van der Waals surface area contributed by atoms with E-state index in [1.54, 1.807) is 12.1 Å². The second-order valence-corrected chi connectivity index (χ2v) is 7.49. The predicted octanol–water partition coefficient (Wildman–Crippen LogP) is 1.52. The van der Waals surface area contributed by atoms with E-state index >= 15 is 0 Å². The summed E-state index contributed by atoms with van der Waals surface area (Å²) in [5.41, 5.74) is 6.43. The highest BCUT2D eigenvalue weighted by Gasteiger charge is 2.36. The van der Waals surface area contributed by atoms with Crippen LogP contribution in [0.2, 0.25) is 0 Å². The number of nitrogens with zero attached hydrogens (tertiary/aromatic N) is 1. The Morgan fingerprint density at radius 3 is 2.43 bits per heavy atom. The van der Waals surface area contributed by atoms with Gasteiger partial charge >= 0.3 is 0 Å². The Morgan fingerprint density at radius 1 is 1.29 bits per heavy atom. The fourth-order valence-corrected chi connectivity index (χ4v) is 4.38. The molecule has 2 rings (SSSR count). The van der Waals surface area contributed by atoms with Crippen LogP contribution in [0.5, 0.6) is 0 Å². The molecule has 0 spiro atoms. The number of hydrogen-bond donors (Lipinski definition) is 1. The van der Waals surface area contributed by atoms with Gasteiger partial charge in [-0.15, -0.1) is 0 Å².